The van der Waals surface area contributed by atoms with Gasteiger partial charge in [0.15, 0.2) is 5.82 Å². The lowest BCUT2D eigenvalue weighted by Gasteiger charge is -2.20. The number of rotatable bonds is 8. The molecule has 0 unspecified atom stereocenters. The molecule has 3 aromatic heterocycles. The molecule has 1 saturated heterocycles. The van der Waals surface area contributed by atoms with E-state index in [1.54, 1.807) is 18.0 Å². The second kappa shape index (κ2) is 10.8. The van der Waals surface area contributed by atoms with Crippen molar-refractivity contribution in [2.45, 2.75) is 25.8 Å². The highest BCUT2D eigenvalue weighted by Crippen LogP contribution is 2.46. The molecule has 216 valence electrons. The molecule has 0 radical (unpaired) electrons. The zero-order chi connectivity index (χ0) is 29.7. The summed E-state index contributed by atoms with van der Waals surface area (Å²) in [6.07, 6.45) is 4.39. The molecule has 0 bridgehead atoms. The molecule has 4 heterocycles. The Hall–Kier alpha value is -4.43. The Morgan fingerprint density at radius 1 is 1.19 bits per heavy atom. The minimum Gasteiger partial charge on any atom is -0.394 e. The first-order valence-electron chi connectivity index (χ1n) is 12.9. The monoisotopic (exact) mass is 598 g/mol. The second-order valence-corrected chi connectivity index (χ2v) is 10.4. The van der Waals surface area contributed by atoms with Crippen LogP contribution in [0.2, 0.25) is 5.02 Å². The number of aliphatic hydroxyl groups is 1. The van der Waals surface area contributed by atoms with Crippen molar-refractivity contribution < 1.29 is 27.9 Å². The molecule has 3 atom stereocenters. The molecule has 2 aliphatic rings. The molecule has 1 saturated carbocycles. The average Bonchev–Trinajstić information content (AvgIpc) is 3.48. The van der Waals surface area contributed by atoms with E-state index in [4.69, 9.17) is 11.6 Å². The predicted molar refractivity (Wildman–Crippen MR) is 144 cm³/mol. The lowest BCUT2D eigenvalue weighted by atomic mass is 10.0. The summed E-state index contributed by atoms with van der Waals surface area (Å²) in [5, 5.41) is 16.6. The van der Waals surface area contributed by atoms with Gasteiger partial charge in [0.2, 0.25) is 11.9 Å². The highest BCUT2D eigenvalue weighted by Gasteiger charge is 2.53. The van der Waals surface area contributed by atoms with Crippen LogP contribution < -0.4 is 10.2 Å². The number of fused-ring (bicyclic) bond motifs is 1. The molecular weight excluding hydrogens is 577 g/mol. The van der Waals surface area contributed by atoms with Crippen molar-refractivity contribution >= 4 is 35.1 Å². The van der Waals surface area contributed by atoms with E-state index in [0.717, 1.165) is 30.9 Å². The number of alkyl halides is 2. The molecular formula is C27H22ClF3N8O3. The molecule has 42 heavy (non-hydrogen) atoms. The summed E-state index contributed by atoms with van der Waals surface area (Å²) in [6, 6.07) is 1.30. The first-order valence-corrected chi connectivity index (χ1v) is 13.2. The standard InChI is InChI=1S/C27H22ClF3N8O3/c1-12-17(6-33-27(35-12)38-9-13-4-16(13)26(38)42)21(11-40)39-10-14(5-34-39)36-25(41)20-8-32-7-19(37-20)22-15(24(30)31)2-3-18(28)23(22)29/h2-3,5-8,10,13,16,21,24,40H,4,9,11H2,1H3,(H,36,41)/t13-,16-,21+/m1/s1. The number of amides is 2. The zero-order valence-electron chi connectivity index (χ0n) is 21.9. The van der Waals surface area contributed by atoms with Gasteiger partial charge in [-0.3, -0.25) is 24.2 Å². The van der Waals surface area contributed by atoms with Crippen LogP contribution in [0, 0.1) is 24.6 Å². The number of anilines is 2. The van der Waals surface area contributed by atoms with E-state index in [1.807, 2.05) is 0 Å². The van der Waals surface area contributed by atoms with Crippen LogP contribution in [0.1, 0.15) is 46.2 Å². The Morgan fingerprint density at radius 3 is 2.69 bits per heavy atom. The summed E-state index contributed by atoms with van der Waals surface area (Å²) in [5.41, 5.74) is -0.408. The van der Waals surface area contributed by atoms with E-state index in [-0.39, 0.29) is 40.5 Å². The van der Waals surface area contributed by atoms with E-state index in [1.165, 1.54) is 17.1 Å². The maximum atomic E-state index is 14.7. The van der Waals surface area contributed by atoms with Crippen LogP contribution in [0.4, 0.5) is 24.8 Å². The number of piperidine rings is 1. The Bertz CT molecular complexity index is 1720. The van der Waals surface area contributed by atoms with Crippen molar-refractivity contribution in [3.8, 4) is 11.3 Å². The molecule has 4 aromatic rings. The van der Waals surface area contributed by atoms with Crippen molar-refractivity contribution in [3.63, 3.8) is 0 Å². The highest BCUT2D eigenvalue weighted by atomic mass is 35.5. The molecule has 6 rings (SSSR count). The van der Waals surface area contributed by atoms with Crippen LogP contribution in [-0.2, 0) is 4.79 Å². The third kappa shape index (κ3) is 4.96. The summed E-state index contributed by atoms with van der Waals surface area (Å²) in [7, 11) is 0. The second-order valence-electron chi connectivity index (χ2n) is 10.0. The number of aliphatic hydroxyl groups excluding tert-OH is 1. The van der Waals surface area contributed by atoms with Gasteiger partial charge in [0.05, 0.1) is 41.6 Å². The van der Waals surface area contributed by atoms with Crippen LogP contribution in [0.3, 0.4) is 0 Å². The zero-order valence-corrected chi connectivity index (χ0v) is 22.6. The maximum absolute atomic E-state index is 14.7. The minimum atomic E-state index is -3.02. The smallest absolute Gasteiger partial charge is 0.275 e. The SMILES string of the molecule is Cc1nc(N2C[C@H]3C[C@H]3C2=O)ncc1[C@H](CO)n1cc(NC(=O)c2cncc(-c3c(C(F)F)ccc(Cl)c3F)n2)cn1. The number of nitrogens with zero attached hydrogens (tertiary/aromatic N) is 7. The molecule has 1 aliphatic heterocycles. The Morgan fingerprint density at radius 2 is 2.00 bits per heavy atom. The fourth-order valence-electron chi connectivity index (χ4n) is 5.07. The number of hydrogen-bond acceptors (Lipinski definition) is 8. The van der Waals surface area contributed by atoms with Crippen LogP contribution in [0.15, 0.2) is 43.1 Å². The van der Waals surface area contributed by atoms with Crippen molar-refractivity contribution in [1.82, 2.24) is 29.7 Å². The molecule has 1 aromatic carbocycles. The van der Waals surface area contributed by atoms with E-state index >= 15 is 0 Å². The highest BCUT2D eigenvalue weighted by molar-refractivity contribution is 6.31. The fraction of sp³-hybridized carbons (Fsp3) is 0.296. The van der Waals surface area contributed by atoms with Crippen molar-refractivity contribution in [2.24, 2.45) is 11.8 Å². The number of carbonyl (C=O) groups is 2. The summed E-state index contributed by atoms with van der Waals surface area (Å²) in [6.45, 7) is 1.98. The lowest BCUT2D eigenvalue weighted by Crippen LogP contribution is -2.30. The van der Waals surface area contributed by atoms with Crippen molar-refractivity contribution in [2.75, 3.05) is 23.4 Å². The van der Waals surface area contributed by atoms with Gasteiger partial charge >= 0.3 is 0 Å². The van der Waals surface area contributed by atoms with E-state index in [0.29, 0.717) is 29.7 Å². The topological polar surface area (TPSA) is 139 Å². The van der Waals surface area contributed by atoms with Crippen LogP contribution in [0.25, 0.3) is 11.3 Å². The van der Waals surface area contributed by atoms with Gasteiger partial charge in [0, 0.05) is 47.2 Å². The molecule has 1 aliphatic carbocycles. The molecule has 2 fully saturated rings. The molecule has 11 nitrogen and oxygen atoms in total. The lowest BCUT2D eigenvalue weighted by molar-refractivity contribution is -0.118. The fourth-order valence-corrected chi connectivity index (χ4v) is 5.23. The molecule has 15 heteroatoms. The number of carbonyl (C=O) groups excluding carboxylic acids is 2. The van der Waals surface area contributed by atoms with Gasteiger partial charge in [-0.15, -0.1) is 0 Å². The van der Waals surface area contributed by atoms with E-state index < -0.39 is 35.3 Å². The Labute approximate surface area is 241 Å². The van der Waals surface area contributed by atoms with Gasteiger partial charge in [-0.1, -0.05) is 17.7 Å². The number of aromatic nitrogens is 6. The van der Waals surface area contributed by atoms with Crippen LogP contribution >= 0.6 is 11.6 Å². The normalized spacial score (nSPS) is 18.4. The van der Waals surface area contributed by atoms with Crippen molar-refractivity contribution in [1.29, 1.82) is 0 Å². The van der Waals surface area contributed by atoms with Gasteiger partial charge in [0.1, 0.15) is 11.7 Å². The molecule has 2 N–H and O–H groups in total. The molecule has 2 amide bonds. The largest absolute Gasteiger partial charge is 0.394 e. The number of nitrogens with one attached hydrogen (secondary N) is 1. The summed E-state index contributed by atoms with van der Waals surface area (Å²) in [4.78, 5) is 43.7. The van der Waals surface area contributed by atoms with Gasteiger partial charge < -0.3 is 10.4 Å². The summed E-state index contributed by atoms with van der Waals surface area (Å²) < 4.78 is 43.2. The van der Waals surface area contributed by atoms with Gasteiger partial charge in [0.25, 0.3) is 12.3 Å². The van der Waals surface area contributed by atoms with E-state index in [2.05, 4.69) is 30.4 Å². The van der Waals surface area contributed by atoms with Crippen molar-refractivity contribution in [3.05, 3.63) is 76.5 Å². The third-order valence-electron chi connectivity index (χ3n) is 7.37. The molecule has 0 spiro atoms. The maximum Gasteiger partial charge on any atom is 0.275 e. The number of hydrogen-bond donors (Lipinski definition) is 2. The first-order chi connectivity index (χ1) is 20.2. The average molecular weight is 599 g/mol. The quantitative estimate of drug-likeness (QED) is 0.310. The van der Waals surface area contributed by atoms with Crippen LogP contribution in [-0.4, -0.2) is 59.8 Å². The summed E-state index contributed by atoms with van der Waals surface area (Å²) >= 11 is 5.80. The van der Waals surface area contributed by atoms with Crippen LogP contribution in [0.5, 0.6) is 0 Å². The number of aryl methyl sites for hydroxylation is 1. The minimum absolute atomic E-state index is 0.0284. The summed E-state index contributed by atoms with van der Waals surface area (Å²) in [5.74, 6) is -1.08. The van der Waals surface area contributed by atoms with E-state index in [9.17, 15) is 27.9 Å². The Kier molecular flexibility index (Phi) is 7.10. The first kappa shape index (κ1) is 27.7. The van der Waals surface area contributed by atoms with Gasteiger partial charge in [-0.2, -0.15) is 5.10 Å². The Balaban J connectivity index is 1.20. The number of benzene rings is 1. The van der Waals surface area contributed by atoms with Gasteiger partial charge in [-0.05, 0) is 25.3 Å². The number of halogens is 4. The van der Waals surface area contributed by atoms with Gasteiger partial charge in [-0.25, -0.2) is 28.1 Å². The predicted octanol–water partition coefficient (Wildman–Crippen LogP) is 3.99. The third-order valence-corrected chi connectivity index (χ3v) is 7.66.